The van der Waals surface area contributed by atoms with Crippen molar-refractivity contribution in [3.05, 3.63) is 12.0 Å². The lowest BCUT2D eigenvalue weighted by molar-refractivity contribution is -0.141. The molecule has 0 radical (unpaired) electrons. The van der Waals surface area contributed by atoms with Gasteiger partial charge < -0.3 is 4.42 Å². The Bertz CT molecular complexity index is 627. The van der Waals surface area contributed by atoms with Crippen LogP contribution in [0.15, 0.2) is 10.7 Å². The largest absolute Gasteiger partial charge is 0.436 e. The smallest absolute Gasteiger partial charge is 0.431 e. The first kappa shape index (κ1) is 15.1. The Hall–Kier alpha value is -1.29. The standard InChI is InChI=1S/C9H8ClF3N2O4S/c10-20(17,18)4-5-1-7(16)15(2-5)8-14-6(3-19-8)9(11,12)13/h3,5H,1-2,4H2. The Labute approximate surface area is 115 Å². The molecule has 1 amide bonds. The molecule has 1 unspecified atom stereocenters. The van der Waals surface area contributed by atoms with Gasteiger partial charge in [0, 0.05) is 29.6 Å². The molecule has 1 saturated heterocycles. The van der Waals surface area contributed by atoms with Crippen LogP contribution in [-0.4, -0.2) is 31.6 Å². The molecule has 20 heavy (non-hydrogen) atoms. The lowest BCUT2D eigenvalue weighted by atomic mass is 10.1. The highest BCUT2D eigenvalue weighted by atomic mass is 35.7. The number of amides is 1. The van der Waals surface area contributed by atoms with Crippen molar-refractivity contribution in [2.24, 2.45) is 5.92 Å². The first-order valence-electron chi connectivity index (χ1n) is 5.31. The Morgan fingerprint density at radius 2 is 2.15 bits per heavy atom. The number of alkyl halides is 3. The van der Waals surface area contributed by atoms with Crippen LogP contribution in [0, 0.1) is 5.92 Å². The van der Waals surface area contributed by atoms with E-state index in [0.717, 1.165) is 4.90 Å². The van der Waals surface area contributed by atoms with Gasteiger partial charge in [-0.3, -0.25) is 9.69 Å². The average Bonchev–Trinajstić information content (AvgIpc) is 2.81. The highest BCUT2D eigenvalue weighted by Gasteiger charge is 2.39. The summed E-state index contributed by atoms with van der Waals surface area (Å²) < 4.78 is 63.5. The molecule has 1 aromatic rings. The summed E-state index contributed by atoms with van der Waals surface area (Å²) in [6, 6.07) is -0.503. The van der Waals surface area contributed by atoms with E-state index in [1.54, 1.807) is 0 Å². The molecule has 6 nitrogen and oxygen atoms in total. The van der Waals surface area contributed by atoms with Crippen LogP contribution in [0.4, 0.5) is 19.2 Å². The predicted octanol–water partition coefficient (Wildman–Crippen LogP) is 1.61. The summed E-state index contributed by atoms with van der Waals surface area (Å²) in [6.07, 6.45) is -4.42. The molecule has 1 aliphatic rings. The van der Waals surface area contributed by atoms with Crippen molar-refractivity contribution in [1.29, 1.82) is 0 Å². The molecule has 0 N–H and O–H groups in total. The molecule has 0 aliphatic carbocycles. The quantitative estimate of drug-likeness (QED) is 0.786. The van der Waals surface area contributed by atoms with Crippen LogP contribution in [0.3, 0.4) is 0 Å². The van der Waals surface area contributed by atoms with Gasteiger partial charge in [-0.15, -0.1) is 0 Å². The van der Waals surface area contributed by atoms with Crippen LogP contribution < -0.4 is 4.90 Å². The second-order valence-corrected chi connectivity index (χ2v) is 7.11. The molecule has 0 bridgehead atoms. The number of hydrogen-bond donors (Lipinski definition) is 0. The van der Waals surface area contributed by atoms with Crippen molar-refractivity contribution in [3.63, 3.8) is 0 Å². The maximum atomic E-state index is 12.4. The van der Waals surface area contributed by atoms with Crippen LogP contribution in [0.1, 0.15) is 12.1 Å². The lowest BCUT2D eigenvalue weighted by Gasteiger charge is -2.10. The molecule has 11 heteroatoms. The number of rotatable bonds is 3. The fourth-order valence-electron chi connectivity index (χ4n) is 1.88. The molecular weight excluding hydrogens is 325 g/mol. The monoisotopic (exact) mass is 332 g/mol. The van der Waals surface area contributed by atoms with E-state index < -0.39 is 44.5 Å². The van der Waals surface area contributed by atoms with Crippen molar-refractivity contribution >= 4 is 31.7 Å². The zero-order valence-electron chi connectivity index (χ0n) is 9.72. The van der Waals surface area contributed by atoms with Crippen molar-refractivity contribution in [1.82, 2.24) is 4.98 Å². The molecule has 1 atom stereocenters. The molecule has 2 rings (SSSR count). The Morgan fingerprint density at radius 3 is 2.65 bits per heavy atom. The average molecular weight is 333 g/mol. The number of halogens is 4. The van der Waals surface area contributed by atoms with Crippen LogP contribution in [0.2, 0.25) is 0 Å². The molecule has 2 heterocycles. The summed E-state index contributed by atoms with van der Waals surface area (Å²) in [5.74, 6) is -1.61. The predicted molar refractivity (Wildman–Crippen MR) is 61.6 cm³/mol. The minimum Gasteiger partial charge on any atom is -0.431 e. The van der Waals surface area contributed by atoms with E-state index >= 15 is 0 Å². The van der Waals surface area contributed by atoms with E-state index in [0.29, 0.717) is 6.26 Å². The normalized spacial score (nSPS) is 20.7. The Morgan fingerprint density at radius 1 is 1.50 bits per heavy atom. The summed E-state index contributed by atoms with van der Waals surface area (Å²) in [4.78, 5) is 15.7. The third kappa shape index (κ3) is 3.42. The highest BCUT2D eigenvalue weighted by molar-refractivity contribution is 8.13. The first-order chi connectivity index (χ1) is 9.06. The summed E-state index contributed by atoms with van der Waals surface area (Å²) in [6.45, 7) is -0.109. The molecule has 1 aliphatic heterocycles. The maximum Gasteiger partial charge on any atom is 0.436 e. The number of oxazole rings is 1. The fourth-order valence-corrected chi connectivity index (χ4v) is 3.20. The lowest BCUT2D eigenvalue weighted by Crippen LogP contribution is -2.25. The van der Waals surface area contributed by atoms with Gasteiger partial charge in [-0.25, -0.2) is 8.42 Å². The van der Waals surface area contributed by atoms with Gasteiger partial charge in [-0.1, -0.05) is 0 Å². The number of aromatic nitrogens is 1. The molecule has 112 valence electrons. The summed E-state index contributed by atoms with van der Waals surface area (Å²) in [5.41, 5.74) is -1.26. The first-order valence-corrected chi connectivity index (χ1v) is 7.79. The van der Waals surface area contributed by atoms with Gasteiger partial charge >= 0.3 is 12.2 Å². The molecule has 0 spiro atoms. The zero-order chi connectivity index (χ0) is 15.1. The van der Waals surface area contributed by atoms with Gasteiger partial charge in [-0.05, 0) is 0 Å². The summed E-state index contributed by atoms with van der Waals surface area (Å²) >= 11 is 0. The highest BCUT2D eigenvalue weighted by Crippen LogP contribution is 2.32. The molecule has 1 aromatic heterocycles. The van der Waals surface area contributed by atoms with Crippen molar-refractivity contribution in [3.8, 4) is 0 Å². The van der Waals surface area contributed by atoms with Gasteiger partial charge in [0.05, 0.1) is 5.75 Å². The molecule has 0 saturated carbocycles. The number of carbonyl (C=O) groups excluding carboxylic acids is 1. The minimum atomic E-state index is -4.68. The van der Waals surface area contributed by atoms with Crippen molar-refractivity contribution < 1.29 is 30.8 Å². The van der Waals surface area contributed by atoms with Crippen LogP contribution in [0.25, 0.3) is 0 Å². The maximum absolute atomic E-state index is 12.4. The molecule has 0 aromatic carbocycles. The van der Waals surface area contributed by atoms with E-state index in [4.69, 9.17) is 10.7 Å². The van der Waals surface area contributed by atoms with E-state index in [-0.39, 0.29) is 13.0 Å². The zero-order valence-corrected chi connectivity index (χ0v) is 11.3. The van der Waals surface area contributed by atoms with Gasteiger partial charge in [0.1, 0.15) is 6.26 Å². The second-order valence-electron chi connectivity index (χ2n) is 4.29. The van der Waals surface area contributed by atoms with E-state index in [1.807, 2.05) is 0 Å². The van der Waals surface area contributed by atoms with Crippen LogP contribution in [0.5, 0.6) is 0 Å². The van der Waals surface area contributed by atoms with Gasteiger partial charge in [0.2, 0.25) is 15.0 Å². The van der Waals surface area contributed by atoms with Crippen LogP contribution >= 0.6 is 10.7 Å². The van der Waals surface area contributed by atoms with Crippen molar-refractivity contribution in [2.45, 2.75) is 12.6 Å². The second kappa shape index (κ2) is 4.92. The fraction of sp³-hybridized carbons (Fsp3) is 0.556. The topological polar surface area (TPSA) is 80.5 Å². The van der Waals surface area contributed by atoms with Crippen molar-refractivity contribution in [2.75, 3.05) is 17.2 Å². The molecule has 1 fully saturated rings. The van der Waals surface area contributed by atoms with Gasteiger partial charge in [0.25, 0.3) is 0 Å². The number of carbonyl (C=O) groups is 1. The molecular formula is C9H8ClF3N2O4S. The van der Waals surface area contributed by atoms with Crippen LogP contribution in [-0.2, 0) is 20.0 Å². The van der Waals surface area contributed by atoms with Gasteiger partial charge in [-0.2, -0.15) is 18.2 Å². The minimum absolute atomic E-state index is 0.109. The van der Waals surface area contributed by atoms with E-state index in [9.17, 15) is 26.4 Å². The third-order valence-corrected chi connectivity index (χ3v) is 3.90. The summed E-state index contributed by atoms with van der Waals surface area (Å²) in [7, 11) is 1.28. The third-order valence-electron chi connectivity index (χ3n) is 2.65. The number of hydrogen-bond acceptors (Lipinski definition) is 5. The van der Waals surface area contributed by atoms with E-state index in [1.165, 1.54) is 0 Å². The van der Waals surface area contributed by atoms with Gasteiger partial charge in [0.15, 0.2) is 5.69 Å². The Balaban J connectivity index is 2.14. The SMILES string of the molecule is O=C1CC(CS(=O)(=O)Cl)CN1c1nc(C(F)(F)F)co1. The number of nitrogens with zero attached hydrogens (tertiary/aromatic N) is 2. The van der Waals surface area contributed by atoms with E-state index in [2.05, 4.69) is 9.40 Å². The number of anilines is 1. The summed E-state index contributed by atoms with van der Waals surface area (Å²) in [5, 5.41) is 0. The Kier molecular flexibility index (Phi) is 3.71.